The Morgan fingerprint density at radius 3 is 2.86 bits per heavy atom. The van der Waals surface area contributed by atoms with Crippen molar-refractivity contribution >= 4 is 39.2 Å². The van der Waals surface area contributed by atoms with Gasteiger partial charge in [0.2, 0.25) is 0 Å². The van der Waals surface area contributed by atoms with Crippen molar-refractivity contribution in [3.63, 3.8) is 0 Å². The van der Waals surface area contributed by atoms with Crippen molar-refractivity contribution in [3.05, 3.63) is 71.8 Å². The Bertz CT molecular complexity index is 1480. The molecule has 4 aromatic rings. The summed E-state index contributed by atoms with van der Waals surface area (Å²) in [6, 6.07) is 13.9. The predicted molar refractivity (Wildman–Crippen MR) is 134 cm³/mol. The van der Waals surface area contributed by atoms with Crippen LogP contribution in [0.2, 0.25) is 0 Å². The molecule has 1 aliphatic carbocycles. The molecule has 3 N–H and O–H groups in total. The summed E-state index contributed by atoms with van der Waals surface area (Å²) >= 11 is 1.18. The summed E-state index contributed by atoms with van der Waals surface area (Å²) in [5, 5.41) is 4.20. The zero-order valence-electron chi connectivity index (χ0n) is 19.1. The molecule has 1 aliphatic heterocycles. The first-order chi connectivity index (χ1) is 16.9. The van der Waals surface area contributed by atoms with Crippen molar-refractivity contribution < 1.29 is 14.0 Å². The highest BCUT2D eigenvalue weighted by atomic mass is 32.1. The minimum Gasteiger partial charge on any atom is -0.375 e. The molecular formula is C26H24FN5O2S. The summed E-state index contributed by atoms with van der Waals surface area (Å²) in [5.74, 6) is -0.322. The van der Waals surface area contributed by atoms with Gasteiger partial charge in [0, 0.05) is 36.7 Å². The number of hydrogen-bond acceptors (Lipinski definition) is 5. The van der Waals surface area contributed by atoms with Crippen LogP contribution in [0.25, 0.3) is 21.3 Å². The van der Waals surface area contributed by atoms with Gasteiger partial charge in [-0.25, -0.2) is 9.37 Å². The summed E-state index contributed by atoms with van der Waals surface area (Å²) < 4.78 is 15.8. The normalized spacial score (nSPS) is 20.7. The molecule has 2 unspecified atom stereocenters. The number of halogens is 1. The quantitative estimate of drug-likeness (QED) is 0.442. The lowest BCUT2D eigenvalue weighted by atomic mass is 10.1. The monoisotopic (exact) mass is 489 g/mol. The van der Waals surface area contributed by atoms with Crippen LogP contribution in [0, 0.1) is 11.7 Å². The number of carbonyl (C=O) groups excluding carboxylic acids is 2. The molecule has 7 nitrogen and oxygen atoms in total. The Kier molecular flexibility index (Phi) is 5.10. The fraction of sp³-hybridized carbons (Fsp3) is 0.269. The van der Waals surface area contributed by atoms with E-state index < -0.39 is 0 Å². The number of fused-ring (bicyclic) bond motifs is 2. The number of rotatable bonds is 5. The minimum atomic E-state index is -0.384. The predicted octanol–water partition coefficient (Wildman–Crippen LogP) is 4.06. The van der Waals surface area contributed by atoms with Crippen LogP contribution in [-0.2, 0) is 7.05 Å². The Hall–Kier alpha value is -3.72. The third-order valence-electron chi connectivity index (χ3n) is 7.02. The Morgan fingerprint density at radius 1 is 1.20 bits per heavy atom. The largest absolute Gasteiger partial charge is 0.375 e. The molecule has 2 aliphatic rings. The molecule has 1 saturated carbocycles. The van der Waals surface area contributed by atoms with E-state index in [0.717, 1.165) is 23.7 Å². The molecule has 6 rings (SSSR count). The number of nitrogens with one attached hydrogen (secondary N) is 1. The van der Waals surface area contributed by atoms with E-state index in [2.05, 4.69) is 10.3 Å². The van der Waals surface area contributed by atoms with Crippen molar-refractivity contribution in [2.45, 2.75) is 24.9 Å². The Morgan fingerprint density at radius 2 is 2.03 bits per heavy atom. The highest BCUT2D eigenvalue weighted by molar-refractivity contribution is 7.19. The summed E-state index contributed by atoms with van der Waals surface area (Å²) in [6.07, 6.45) is 3.62. The van der Waals surface area contributed by atoms with Gasteiger partial charge >= 0.3 is 0 Å². The van der Waals surface area contributed by atoms with E-state index >= 15 is 0 Å². The van der Waals surface area contributed by atoms with E-state index in [0.29, 0.717) is 28.5 Å². The summed E-state index contributed by atoms with van der Waals surface area (Å²) in [7, 11) is 1.92. The van der Waals surface area contributed by atoms with Crippen molar-refractivity contribution in [3.8, 4) is 10.4 Å². The number of thiazole rings is 1. The lowest BCUT2D eigenvalue weighted by Crippen LogP contribution is -2.45. The van der Waals surface area contributed by atoms with Crippen molar-refractivity contribution in [2.24, 2.45) is 13.0 Å². The van der Waals surface area contributed by atoms with Gasteiger partial charge in [-0.15, -0.1) is 0 Å². The van der Waals surface area contributed by atoms with Gasteiger partial charge in [0.1, 0.15) is 11.5 Å². The number of nitrogen functional groups attached to an aromatic ring is 1. The maximum atomic E-state index is 13.9. The van der Waals surface area contributed by atoms with Crippen molar-refractivity contribution in [1.82, 2.24) is 19.8 Å². The Labute approximate surface area is 205 Å². The number of likely N-dealkylation sites (tertiary alicyclic amines) is 1. The van der Waals surface area contributed by atoms with Crippen LogP contribution in [0.3, 0.4) is 0 Å². The number of amides is 2. The molecule has 9 heteroatoms. The lowest BCUT2D eigenvalue weighted by molar-refractivity contribution is 0.0685. The first kappa shape index (κ1) is 21.8. The van der Waals surface area contributed by atoms with Crippen LogP contribution < -0.4 is 11.1 Å². The number of hydrogen-bond donors (Lipinski definition) is 2. The fourth-order valence-corrected chi connectivity index (χ4v) is 6.14. The van der Waals surface area contributed by atoms with Crippen LogP contribution in [-0.4, -0.2) is 44.9 Å². The topological polar surface area (TPSA) is 93.2 Å². The molecule has 2 amide bonds. The lowest BCUT2D eigenvalue weighted by Gasteiger charge is -2.27. The van der Waals surface area contributed by atoms with Crippen molar-refractivity contribution in [1.29, 1.82) is 0 Å². The van der Waals surface area contributed by atoms with Crippen LogP contribution >= 0.6 is 11.3 Å². The summed E-state index contributed by atoms with van der Waals surface area (Å²) in [6.45, 7) is 0.357. The third kappa shape index (κ3) is 3.76. The van der Waals surface area contributed by atoms with E-state index in [-0.39, 0.29) is 40.5 Å². The number of nitrogens with two attached hydrogens (primary N) is 1. The highest BCUT2D eigenvalue weighted by Gasteiger charge is 2.54. The number of aryl methyl sites for hydroxylation is 1. The summed E-state index contributed by atoms with van der Waals surface area (Å²) in [5.41, 5.74) is 8.39. The van der Waals surface area contributed by atoms with Gasteiger partial charge in [0.05, 0.1) is 16.5 Å². The van der Waals surface area contributed by atoms with Gasteiger partial charge in [-0.1, -0.05) is 41.7 Å². The second-order valence-corrected chi connectivity index (χ2v) is 10.3. The Balaban J connectivity index is 1.23. The van der Waals surface area contributed by atoms with Crippen LogP contribution in [0.4, 0.5) is 9.52 Å². The van der Waals surface area contributed by atoms with Gasteiger partial charge in [0.15, 0.2) is 5.13 Å². The van der Waals surface area contributed by atoms with Gasteiger partial charge < -0.3 is 20.5 Å². The molecule has 178 valence electrons. The SMILES string of the molecule is Cn1cc(C(=O)NC[C@@H]2CC3CC3N2C(=O)c2nc(N)sc2-c2cccc(F)c2)c2ccccc21. The van der Waals surface area contributed by atoms with Gasteiger partial charge in [-0.3, -0.25) is 9.59 Å². The van der Waals surface area contributed by atoms with Crippen LogP contribution in [0.15, 0.2) is 54.7 Å². The maximum absolute atomic E-state index is 13.9. The first-order valence-electron chi connectivity index (χ1n) is 11.6. The van der Waals surface area contributed by atoms with Crippen molar-refractivity contribution in [2.75, 3.05) is 12.3 Å². The average Bonchev–Trinajstić information content (AvgIpc) is 3.18. The van der Waals surface area contributed by atoms with E-state index in [1.54, 1.807) is 12.1 Å². The van der Waals surface area contributed by atoms with Gasteiger partial charge in [-0.05, 0) is 42.5 Å². The molecule has 2 aromatic carbocycles. The second-order valence-electron chi connectivity index (χ2n) is 9.29. The fourth-order valence-electron chi connectivity index (χ4n) is 5.32. The molecular weight excluding hydrogens is 465 g/mol. The molecule has 3 heterocycles. The molecule has 3 atom stereocenters. The number of benzene rings is 2. The van der Waals surface area contributed by atoms with E-state index in [4.69, 9.17) is 5.73 Å². The molecule has 35 heavy (non-hydrogen) atoms. The van der Waals surface area contributed by atoms with E-state index in [1.807, 2.05) is 47.0 Å². The number of aromatic nitrogens is 2. The van der Waals surface area contributed by atoms with Gasteiger partial charge in [0.25, 0.3) is 11.8 Å². The van der Waals surface area contributed by atoms with Crippen LogP contribution in [0.5, 0.6) is 0 Å². The second kappa shape index (κ2) is 8.20. The first-order valence-corrected chi connectivity index (χ1v) is 12.4. The number of nitrogens with zero attached hydrogens (tertiary/aromatic N) is 3. The minimum absolute atomic E-state index is 0.131. The maximum Gasteiger partial charge on any atom is 0.274 e. The molecule has 0 radical (unpaired) electrons. The molecule has 2 aromatic heterocycles. The number of anilines is 1. The molecule has 0 spiro atoms. The molecule has 1 saturated heterocycles. The zero-order chi connectivity index (χ0) is 24.3. The summed E-state index contributed by atoms with van der Waals surface area (Å²) in [4.78, 5) is 33.5. The molecule has 0 bridgehead atoms. The standard InChI is InChI=1S/C26H24FN5O2S/c1-31-13-19(18-7-2-3-8-20(18)31)24(33)29-12-17-10-15-11-21(15)32(17)25(34)22-23(35-26(28)30-22)14-5-4-6-16(27)9-14/h2-9,13,15,17,21H,10-12H2,1H3,(H2,28,30)(H,29,33)/t15?,17-,21?/m0/s1. The number of para-hydroxylation sites is 1. The zero-order valence-corrected chi connectivity index (χ0v) is 19.9. The average molecular weight is 490 g/mol. The highest BCUT2D eigenvalue weighted by Crippen LogP contribution is 2.49. The van der Waals surface area contributed by atoms with Crippen LogP contribution in [0.1, 0.15) is 33.7 Å². The van der Waals surface area contributed by atoms with E-state index in [9.17, 15) is 14.0 Å². The number of carbonyl (C=O) groups is 2. The van der Waals surface area contributed by atoms with Gasteiger partial charge in [-0.2, -0.15) is 0 Å². The van der Waals surface area contributed by atoms with E-state index in [1.165, 1.54) is 23.5 Å². The number of piperidine rings is 1. The smallest absolute Gasteiger partial charge is 0.274 e. The third-order valence-corrected chi connectivity index (χ3v) is 7.95. The molecule has 2 fully saturated rings.